The number of nitrogens with one attached hydrogen (secondary N) is 1. The maximum absolute atomic E-state index is 12.3. The van der Waals surface area contributed by atoms with E-state index in [1.54, 1.807) is 6.08 Å². The zero-order chi connectivity index (χ0) is 30.8. The van der Waals surface area contributed by atoms with Crippen LogP contribution in [0.4, 0.5) is 0 Å². The zero-order valence-electron chi connectivity index (χ0n) is 28.3. The minimum absolute atomic E-state index is 0.0734. The number of allylic oxidation sites excluding steroid dienone is 3. The monoisotopic (exact) mass is 592 g/mol. The van der Waals surface area contributed by atoms with Crippen LogP contribution in [0.3, 0.4) is 0 Å². The zero-order valence-corrected chi connectivity index (χ0v) is 28.3. The van der Waals surface area contributed by atoms with Gasteiger partial charge in [-0.25, -0.2) is 0 Å². The summed E-state index contributed by atoms with van der Waals surface area (Å²) in [5.74, 6) is -0.0734. The molecule has 0 heterocycles. The first-order valence-electron chi connectivity index (χ1n) is 18.6. The van der Waals surface area contributed by atoms with Gasteiger partial charge in [0, 0.05) is 6.42 Å². The molecule has 3 N–H and O–H groups in total. The molecule has 0 spiro atoms. The number of carbonyl (C=O) groups excluding carboxylic acids is 1. The third-order valence-corrected chi connectivity index (χ3v) is 8.44. The first kappa shape index (κ1) is 40.9. The molecule has 0 bridgehead atoms. The third kappa shape index (κ3) is 30.3. The van der Waals surface area contributed by atoms with E-state index in [1.165, 1.54) is 141 Å². The molecule has 0 aliphatic carbocycles. The summed E-state index contributed by atoms with van der Waals surface area (Å²) in [7, 11) is 0. The van der Waals surface area contributed by atoms with Crippen molar-refractivity contribution in [1.82, 2.24) is 5.32 Å². The minimum Gasteiger partial charge on any atom is -0.394 e. The quantitative estimate of drug-likeness (QED) is 0.0525. The van der Waals surface area contributed by atoms with E-state index in [4.69, 9.17) is 0 Å². The molecule has 0 aliphatic rings. The highest BCUT2D eigenvalue weighted by molar-refractivity contribution is 5.76. The largest absolute Gasteiger partial charge is 0.394 e. The normalized spacial score (nSPS) is 13.3. The molecule has 0 radical (unpaired) electrons. The smallest absolute Gasteiger partial charge is 0.220 e. The maximum Gasteiger partial charge on any atom is 0.220 e. The van der Waals surface area contributed by atoms with Gasteiger partial charge in [0.15, 0.2) is 0 Å². The van der Waals surface area contributed by atoms with Crippen LogP contribution < -0.4 is 5.32 Å². The van der Waals surface area contributed by atoms with E-state index in [0.717, 1.165) is 32.1 Å². The van der Waals surface area contributed by atoms with E-state index >= 15 is 0 Å². The maximum atomic E-state index is 12.3. The lowest BCUT2D eigenvalue weighted by Crippen LogP contribution is -2.45. The number of rotatable bonds is 33. The van der Waals surface area contributed by atoms with Crippen molar-refractivity contribution < 1.29 is 15.0 Å². The van der Waals surface area contributed by atoms with Crippen LogP contribution in [0, 0.1) is 0 Å². The molecule has 0 unspecified atom stereocenters. The Hall–Kier alpha value is -1.13. The molecular formula is C38H73NO3. The Morgan fingerprint density at radius 3 is 1.38 bits per heavy atom. The van der Waals surface area contributed by atoms with Crippen molar-refractivity contribution in [3.8, 4) is 0 Å². The van der Waals surface area contributed by atoms with E-state index in [0.29, 0.717) is 6.42 Å². The van der Waals surface area contributed by atoms with Crippen molar-refractivity contribution in [1.29, 1.82) is 0 Å². The van der Waals surface area contributed by atoms with Crippen LogP contribution >= 0.6 is 0 Å². The van der Waals surface area contributed by atoms with Gasteiger partial charge in [-0.05, 0) is 32.1 Å². The molecule has 248 valence electrons. The van der Waals surface area contributed by atoms with Crippen LogP contribution in [0.15, 0.2) is 24.3 Å². The van der Waals surface area contributed by atoms with E-state index in [-0.39, 0.29) is 12.5 Å². The van der Waals surface area contributed by atoms with Crippen molar-refractivity contribution in [3.63, 3.8) is 0 Å². The number of hydrogen-bond acceptors (Lipinski definition) is 3. The average Bonchev–Trinajstić information content (AvgIpc) is 2.99. The predicted octanol–water partition coefficient (Wildman–Crippen LogP) is 10.9. The third-order valence-electron chi connectivity index (χ3n) is 8.44. The lowest BCUT2D eigenvalue weighted by atomic mass is 10.0. The highest BCUT2D eigenvalue weighted by atomic mass is 16.3. The fourth-order valence-electron chi connectivity index (χ4n) is 5.55. The summed E-state index contributed by atoms with van der Waals surface area (Å²) >= 11 is 0. The molecule has 2 atom stereocenters. The highest BCUT2D eigenvalue weighted by Gasteiger charge is 2.17. The summed E-state index contributed by atoms with van der Waals surface area (Å²) in [4.78, 5) is 12.3. The van der Waals surface area contributed by atoms with Crippen LogP contribution in [0.1, 0.15) is 194 Å². The lowest BCUT2D eigenvalue weighted by Gasteiger charge is -2.19. The van der Waals surface area contributed by atoms with Crippen LogP contribution in [-0.4, -0.2) is 34.9 Å². The summed E-state index contributed by atoms with van der Waals surface area (Å²) in [5.41, 5.74) is 0. The van der Waals surface area contributed by atoms with Crippen LogP contribution in [0.5, 0.6) is 0 Å². The number of carbonyl (C=O) groups is 1. The fourth-order valence-corrected chi connectivity index (χ4v) is 5.55. The number of aliphatic hydroxyl groups is 2. The standard InChI is InChI=1S/C38H73NO3/c1-3-5-7-9-11-13-15-17-19-20-22-24-26-28-30-32-34-38(42)39-36(35-40)37(41)33-31-29-27-25-23-21-18-16-14-12-10-8-6-4-2/h23,25,31,33,36-37,40-41H,3-22,24,26-30,32,34-35H2,1-2H3,(H,39,42)/b25-23+,33-31+/t36-,37+/m0/s1. The van der Waals surface area contributed by atoms with Gasteiger partial charge in [-0.3, -0.25) is 4.79 Å². The minimum atomic E-state index is -0.856. The van der Waals surface area contributed by atoms with Gasteiger partial charge in [0.1, 0.15) is 0 Å². The van der Waals surface area contributed by atoms with E-state index in [2.05, 4.69) is 31.3 Å². The SMILES string of the molecule is CCCCCCCCCC/C=C/CC/C=C/[C@@H](O)[C@H](CO)NC(=O)CCCCCCCCCCCCCCCCCC. The van der Waals surface area contributed by atoms with Gasteiger partial charge >= 0.3 is 0 Å². The summed E-state index contributed by atoms with van der Waals surface area (Å²) < 4.78 is 0. The van der Waals surface area contributed by atoms with Crippen molar-refractivity contribution in [2.24, 2.45) is 0 Å². The second-order valence-electron chi connectivity index (χ2n) is 12.6. The first-order chi connectivity index (χ1) is 20.7. The van der Waals surface area contributed by atoms with Gasteiger partial charge < -0.3 is 15.5 Å². The predicted molar refractivity (Wildman–Crippen MR) is 184 cm³/mol. The Morgan fingerprint density at radius 1 is 0.548 bits per heavy atom. The average molecular weight is 592 g/mol. The van der Waals surface area contributed by atoms with Gasteiger partial charge in [0.25, 0.3) is 0 Å². The number of aliphatic hydroxyl groups excluding tert-OH is 2. The second kappa shape index (κ2) is 34.4. The molecule has 42 heavy (non-hydrogen) atoms. The number of hydrogen-bond donors (Lipinski definition) is 3. The second-order valence-corrected chi connectivity index (χ2v) is 12.6. The molecule has 0 saturated carbocycles. The van der Waals surface area contributed by atoms with Crippen LogP contribution in [-0.2, 0) is 4.79 Å². The molecule has 0 aromatic carbocycles. The van der Waals surface area contributed by atoms with E-state index in [1.807, 2.05) is 6.08 Å². The van der Waals surface area contributed by atoms with Gasteiger partial charge in [0.05, 0.1) is 18.8 Å². The van der Waals surface area contributed by atoms with Gasteiger partial charge in [-0.15, -0.1) is 0 Å². The fraction of sp³-hybridized carbons (Fsp3) is 0.868. The summed E-state index contributed by atoms with van der Waals surface area (Å²) in [6.07, 6.45) is 42.6. The van der Waals surface area contributed by atoms with Crippen LogP contribution in [0.2, 0.25) is 0 Å². The number of unbranched alkanes of at least 4 members (excludes halogenated alkanes) is 24. The van der Waals surface area contributed by atoms with E-state index < -0.39 is 12.1 Å². The molecule has 4 nitrogen and oxygen atoms in total. The molecule has 0 aromatic heterocycles. The molecule has 0 rings (SSSR count). The molecule has 0 fully saturated rings. The Morgan fingerprint density at radius 2 is 0.929 bits per heavy atom. The summed E-state index contributed by atoms with van der Waals surface area (Å²) in [6.45, 7) is 4.28. The molecule has 0 aliphatic heterocycles. The van der Waals surface area contributed by atoms with Gasteiger partial charge in [-0.2, -0.15) is 0 Å². The Labute approximate surface area is 262 Å². The lowest BCUT2D eigenvalue weighted by molar-refractivity contribution is -0.123. The molecule has 1 amide bonds. The topological polar surface area (TPSA) is 69.6 Å². The Balaban J connectivity index is 3.64. The first-order valence-corrected chi connectivity index (χ1v) is 18.6. The summed E-state index contributed by atoms with van der Waals surface area (Å²) in [6, 6.07) is -0.632. The van der Waals surface area contributed by atoms with Crippen molar-refractivity contribution in [2.75, 3.05) is 6.61 Å². The molecular weight excluding hydrogens is 518 g/mol. The van der Waals surface area contributed by atoms with E-state index in [9.17, 15) is 15.0 Å². The summed E-state index contributed by atoms with van der Waals surface area (Å²) in [5, 5.41) is 22.8. The van der Waals surface area contributed by atoms with Crippen LogP contribution in [0.25, 0.3) is 0 Å². The Bertz CT molecular complexity index is 603. The molecule has 4 heteroatoms. The molecule has 0 saturated heterocycles. The van der Waals surface area contributed by atoms with Gasteiger partial charge in [-0.1, -0.05) is 179 Å². The highest BCUT2D eigenvalue weighted by Crippen LogP contribution is 2.14. The Kier molecular flexibility index (Phi) is 33.4. The molecule has 0 aromatic rings. The van der Waals surface area contributed by atoms with Gasteiger partial charge in [0.2, 0.25) is 5.91 Å². The van der Waals surface area contributed by atoms with Crippen molar-refractivity contribution in [2.45, 2.75) is 206 Å². The van der Waals surface area contributed by atoms with Crippen molar-refractivity contribution in [3.05, 3.63) is 24.3 Å². The number of amides is 1. The van der Waals surface area contributed by atoms with Crippen molar-refractivity contribution >= 4 is 5.91 Å².